The molecule has 0 radical (unpaired) electrons. The van der Waals surface area contributed by atoms with Crippen LogP contribution >= 0.6 is 22.6 Å². The molecule has 0 spiro atoms. The molecule has 88 valence electrons. The van der Waals surface area contributed by atoms with Crippen LogP contribution in [0.3, 0.4) is 0 Å². The van der Waals surface area contributed by atoms with Crippen LogP contribution in [-0.2, 0) is 6.18 Å². The van der Waals surface area contributed by atoms with E-state index in [0.717, 1.165) is 6.07 Å². The minimum atomic E-state index is -4.48. The van der Waals surface area contributed by atoms with Crippen molar-refractivity contribution in [3.05, 3.63) is 40.0 Å². The van der Waals surface area contributed by atoms with Crippen molar-refractivity contribution in [2.75, 3.05) is 0 Å². The summed E-state index contributed by atoms with van der Waals surface area (Å²) in [5, 5.41) is 0. The Morgan fingerprint density at radius 3 is 2.41 bits per heavy atom. The molecule has 2 aromatic heterocycles. The Balaban J connectivity index is 2.54. The average Bonchev–Trinajstić information content (AvgIpc) is 2.28. The Hall–Kier alpha value is -1.25. The zero-order valence-corrected chi connectivity index (χ0v) is 10.4. The van der Waals surface area contributed by atoms with E-state index in [1.807, 2.05) is 0 Å². The monoisotopic (exact) mass is 351 g/mol. The van der Waals surface area contributed by atoms with Crippen LogP contribution in [0.2, 0.25) is 0 Å². The third-order valence-electron chi connectivity index (χ3n) is 1.92. The van der Waals surface area contributed by atoms with Crippen molar-refractivity contribution in [1.29, 1.82) is 0 Å². The second-order valence-electron chi connectivity index (χ2n) is 3.12. The van der Waals surface area contributed by atoms with E-state index in [-0.39, 0.29) is 9.53 Å². The van der Waals surface area contributed by atoms with Gasteiger partial charge in [-0.3, -0.25) is 4.98 Å². The van der Waals surface area contributed by atoms with Crippen LogP contribution in [0.25, 0.3) is 11.4 Å². The van der Waals surface area contributed by atoms with E-state index in [9.17, 15) is 13.2 Å². The number of halogens is 4. The lowest BCUT2D eigenvalue weighted by atomic mass is 10.2. The standard InChI is InChI=1S/C10H5F3IN3/c11-10(12,13)8-5-7(16-9(14)17-8)6-3-1-2-4-15-6/h1-5H. The first kappa shape index (κ1) is 12.2. The maximum atomic E-state index is 12.5. The fraction of sp³-hybridized carbons (Fsp3) is 0.100. The van der Waals surface area contributed by atoms with Gasteiger partial charge in [-0.25, -0.2) is 9.97 Å². The fourth-order valence-electron chi connectivity index (χ4n) is 1.21. The van der Waals surface area contributed by atoms with Crippen molar-refractivity contribution < 1.29 is 13.2 Å². The zero-order chi connectivity index (χ0) is 12.5. The molecular formula is C10H5F3IN3. The molecule has 0 fully saturated rings. The largest absolute Gasteiger partial charge is 0.433 e. The molecule has 7 heteroatoms. The molecule has 0 amide bonds. The predicted molar refractivity (Wildman–Crippen MR) is 63.0 cm³/mol. The van der Waals surface area contributed by atoms with E-state index < -0.39 is 11.9 Å². The van der Waals surface area contributed by atoms with Gasteiger partial charge in [0.25, 0.3) is 0 Å². The molecule has 2 heterocycles. The van der Waals surface area contributed by atoms with E-state index in [1.54, 1.807) is 40.8 Å². The maximum Gasteiger partial charge on any atom is 0.433 e. The lowest BCUT2D eigenvalue weighted by Crippen LogP contribution is -2.10. The fourth-order valence-corrected chi connectivity index (χ4v) is 1.73. The molecule has 0 bridgehead atoms. The van der Waals surface area contributed by atoms with Gasteiger partial charge < -0.3 is 0 Å². The number of hydrogen-bond donors (Lipinski definition) is 0. The highest BCUT2D eigenvalue weighted by Gasteiger charge is 2.33. The van der Waals surface area contributed by atoms with Gasteiger partial charge in [0, 0.05) is 28.8 Å². The number of aromatic nitrogens is 3. The van der Waals surface area contributed by atoms with Crippen molar-refractivity contribution in [3.8, 4) is 11.4 Å². The van der Waals surface area contributed by atoms with E-state index in [1.165, 1.54) is 6.20 Å². The molecule has 0 unspecified atom stereocenters. The minimum Gasteiger partial charge on any atom is -0.255 e. The summed E-state index contributed by atoms with van der Waals surface area (Å²) >= 11 is 1.65. The molecule has 0 atom stereocenters. The maximum absolute atomic E-state index is 12.5. The first-order chi connectivity index (χ1) is 7.97. The van der Waals surface area contributed by atoms with Crippen LogP contribution in [0, 0.1) is 3.83 Å². The van der Waals surface area contributed by atoms with Gasteiger partial charge >= 0.3 is 6.18 Å². The SMILES string of the molecule is FC(F)(F)c1cc(-c2ccccn2)nc(I)n1. The Bertz CT molecular complexity index is 528. The first-order valence-electron chi connectivity index (χ1n) is 4.50. The molecule has 0 aliphatic carbocycles. The lowest BCUT2D eigenvalue weighted by Gasteiger charge is -2.07. The second kappa shape index (κ2) is 4.55. The summed E-state index contributed by atoms with van der Waals surface area (Å²) in [5.41, 5.74) is -0.409. The smallest absolute Gasteiger partial charge is 0.255 e. The Kier molecular flexibility index (Phi) is 3.27. The summed E-state index contributed by atoms with van der Waals surface area (Å²) in [5.74, 6) is 0. The Morgan fingerprint density at radius 2 is 1.82 bits per heavy atom. The molecule has 0 N–H and O–H groups in total. The molecular weight excluding hydrogens is 346 g/mol. The van der Waals surface area contributed by atoms with Crippen LogP contribution in [0.5, 0.6) is 0 Å². The topological polar surface area (TPSA) is 38.7 Å². The van der Waals surface area contributed by atoms with Crippen molar-refractivity contribution in [3.63, 3.8) is 0 Å². The molecule has 0 aliphatic rings. The lowest BCUT2D eigenvalue weighted by molar-refractivity contribution is -0.141. The number of pyridine rings is 1. The minimum absolute atomic E-state index is 0.0399. The van der Waals surface area contributed by atoms with E-state index in [4.69, 9.17) is 0 Å². The molecule has 0 aromatic carbocycles. The van der Waals surface area contributed by atoms with E-state index in [2.05, 4.69) is 15.0 Å². The van der Waals surface area contributed by atoms with Crippen LogP contribution < -0.4 is 0 Å². The third-order valence-corrected chi connectivity index (χ3v) is 2.40. The molecule has 0 aliphatic heterocycles. The zero-order valence-electron chi connectivity index (χ0n) is 8.24. The van der Waals surface area contributed by atoms with Gasteiger partial charge in [0.05, 0.1) is 11.4 Å². The van der Waals surface area contributed by atoms with E-state index in [0.29, 0.717) is 5.69 Å². The Morgan fingerprint density at radius 1 is 1.06 bits per heavy atom. The normalized spacial score (nSPS) is 11.5. The van der Waals surface area contributed by atoms with Crippen LogP contribution in [0.4, 0.5) is 13.2 Å². The number of alkyl halides is 3. The summed E-state index contributed by atoms with van der Waals surface area (Å²) in [7, 11) is 0. The second-order valence-corrected chi connectivity index (χ2v) is 4.09. The van der Waals surface area contributed by atoms with Crippen molar-refractivity contribution >= 4 is 22.6 Å². The number of rotatable bonds is 1. The molecule has 3 nitrogen and oxygen atoms in total. The molecule has 2 rings (SSSR count). The highest BCUT2D eigenvalue weighted by atomic mass is 127. The molecule has 2 aromatic rings. The van der Waals surface area contributed by atoms with Crippen molar-refractivity contribution in [2.24, 2.45) is 0 Å². The van der Waals surface area contributed by atoms with Gasteiger partial charge in [0.15, 0.2) is 3.83 Å². The molecule has 17 heavy (non-hydrogen) atoms. The summed E-state index contributed by atoms with van der Waals surface area (Å²) in [6.07, 6.45) is -2.98. The number of nitrogens with zero attached hydrogens (tertiary/aromatic N) is 3. The quantitative estimate of drug-likeness (QED) is 0.585. The van der Waals surface area contributed by atoms with Gasteiger partial charge in [0.2, 0.25) is 0 Å². The third kappa shape index (κ3) is 2.90. The van der Waals surface area contributed by atoms with Crippen molar-refractivity contribution in [2.45, 2.75) is 6.18 Å². The first-order valence-corrected chi connectivity index (χ1v) is 5.58. The highest BCUT2D eigenvalue weighted by Crippen LogP contribution is 2.29. The van der Waals surface area contributed by atoms with Crippen LogP contribution in [0.1, 0.15) is 5.69 Å². The Labute approximate surface area is 108 Å². The van der Waals surface area contributed by atoms with Gasteiger partial charge in [0.1, 0.15) is 5.69 Å². The molecule has 0 saturated heterocycles. The van der Waals surface area contributed by atoms with Gasteiger partial charge in [-0.2, -0.15) is 13.2 Å². The predicted octanol–water partition coefficient (Wildman–Crippen LogP) is 3.16. The van der Waals surface area contributed by atoms with Crippen LogP contribution in [-0.4, -0.2) is 15.0 Å². The summed E-state index contributed by atoms with van der Waals surface area (Å²) < 4.78 is 37.7. The number of hydrogen-bond acceptors (Lipinski definition) is 3. The molecule has 0 saturated carbocycles. The summed E-state index contributed by atoms with van der Waals surface area (Å²) in [6.45, 7) is 0. The highest BCUT2D eigenvalue weighted by molar-refractivity contribution is 14.1. The van der Waals surface area contributed by atoms with Gasteiger partial charge in [-0.15, -0.1) is 0 Å². The van der Waals surface area contributed by atoms with Gasteiger partial charge in [-0.05, 0) is 18.2 Å². The van der Waals surface area contributed by atoms with Crippen molar-refractivity contribution in [1.82, 2.24) is 15.0 Å². The average molecular weight is 351 g/mol. The van der Waals surface area contributed by atoms with E-state index >= 15 is 0 Å². The summed E-state index contributed by atoms with van der Waals surface area (Å²) in [4.78, 5) is 11.2. The van der Waals surface area contributed by atoms with Crippen LogP contribution in [0.15, 0.2) is 30.5 Å². The summed E-state index contributed by atoms with van der Waals surface area (Å²) in [6, 6.07) is 5.86. The van der Waals surface area contributed by atoms with Gasteiger partial charge in [-0.1, -0.05) is 6.07 Å².